The summed E-state index contributed by atoms with van der Waals surface area (Å²) >= 11 is 6.15. The van der Waals surface area contributed by atoms with Crippen molar-refractivity contribution in [2.75, 3.05) is 33.4 Å². The summed E-state index contributed by atoms with van der Waals surface area (Å²) in [6.45, 7) is 3.39. The van der Waals surface area contributed by atoms with Crippen LogP contribution in [0.15, 0.2) is 60.8 Å². The lowest BCUT2D eigenvalue weighted by Crippen LogP contribution is -2.58. The van der Waals surface area contributed by atoms with E-state index in [1.165, 1.54) is 6.20 Å². The summed E-state index contributed by atoms with van der Waals surface area (Å²) in [5, 5.41) is 7.24. The number of morpholine rings is 1. The second-order valence-corrected chi connectivity index (χ2v) is 9.25. The lowest BCUT2D eigenvalue weighted by atomic mass is 9.96. The molecule has 3 aromatic rings. The molecule has 9 heteroatoms. The largest absolute Gasteiger partial charge is 0.490 e. The summed E-state index contributed by atoms with van der Waals surface area (Å²) in [6, 6.07) is 16.8. The number of nitrogens with one attached hydrogen (secondary N) is 1. The average molecular weight is 497 g/mol. The van der Waals surface area contributed by atoms with Crippen molar-refractivity contribution < 1.29 is 19.1 Å². The van der Waals surface area contributed by atoms with E-state index in [2.05, 4.69) is 10.2 Å². The molecule has 1 fully saturated rings. The third-order valence-corrected chi connectivity index (χ3v) is 6.48. The first-order valence-electron chi connectivity index (χ1n) is 11.4. The molecule has 184 valence electrons. The summed E-state index contributed by atoms with van der Waals surface area (Å²) in [5.74, 6) is 0.333. The Balaban J connectivity index is 1.52. The van der Waals surface area contributed by atoms with Gasteiger partial charge in [0.05, 0.1) is 19.6 Å². The molecule has 2 aromatic carbocycles. The number of ether oxygens (including phenoxy) is 2. The summed E-state index contributed by atoms with van der Waals surface area (Å²) in [7, 11) is 1.77. The molecule has 1 N–H and O–H groups in total. The van der Waals surface area contributed by atoms with Crippen LogP contribution in [-0.2, 0) is 16.1 Å². The summed E-state index contributed by atoms with van der Waals surface area (Å²) < 4.78 is 12.3. The van der Waals surface area contributed by atoms with Gasteiger partial charge in [-0.1, -0.05) is 41.9 Å². The van der Waals surface area contributed by atoms with Crippen molar-refractivity contribution >= 4 is 23.4 Å². The quantitative estimate of drug-likeness (QED) is 0.513. The van der Waals surface area contributed by atoms with Gasteiger partial charge in [0.25, 0.3) is 5.91 Å². The fraction of sp³-hybridized carbons (Fsp3) is 0.346. The van der Waals surface area contributed by atoms with Crippen LogP contribution >= 0.6 is 11.6 Å². The molecule has 1 saturated heterocycles. The van der Waals surface area contributed by atoms with Crippen LogP contribution in [0.25, 0.3) is 0 Å². The van der Waals surface area contributed by atoms with Gasteiger partial charge in [-0.15, -0.1) is 0 Å². The van der Waals surface area contributed by atoms with E-state index < -0.39 is 5.60 Å². The molecule has 8 nitrogen and oxygen atoms in total. The Labute approximate surface area is 209 Å². The van der Waals surface area contributed by atoms with Crippen LogP contribution in [0.2, 0.25) is 5.02 Å². The second kappa shape index (κ2) is 10.9. The van der Waals surface area contributed by atoms with Gasteiger partial charge in [-0.25, -0.2) is 0 Å². The molecule has 1 atom stereocenters. The Hall–Kier alpha value is -3.36. The van der Waals surface area contributed by atoms with Crippen molar-refractivity contribution in [3.8, 4) is 5.75 Å². The van der Waals surface area contributed by atoms with Crippen molar-refractivity contribution in [1.29, 1.82) is 0 Å². The van der Waals surface area contributed by atoms with Crippen LogP contribution in [0.5, 0.6) is 5.75 Å². The number of carbonyl (C=O) groups is 2. The topological polar surface area (TPSA) is 87.8 Å². The van der Waals surface area contributed by atoms with E-state index in [-0.39, 0.29) is 31.4 Å². The van der Waals surface area contributed by atoms with Gasteiger partial charge in [0.15, 0.2) is 0 Å². The number of aryl methyl sites for hydroxylation is 1. The highest BCUT2D eigenvalue weighted by molar-refractivity contribution is 6.31. The van der Waals surface area contributed by atoms with E-state index in [4.69, 9.17) is 21.1 Å². The lowest BCUT2D eigenvalue weighted by molar-refractivity contribution is -0.152. The fourth-order valence-electron chi connectivity index (χ4n) is 4.09. The standard InChI is InChI=1S/C26H29ClN4O4/c1-19-14-21(8-9-22(19)27)34-18-26(15-24(32)30(2)16-20-6-4-3-5-7-20)17-31(12-13-35-26)25(33)23-10-11-28-29-23/h3-11,14H,12-13,15-18H2,1-2H3,(H,28,29)/t26-/m1/s1. The number of aromatic amines is 1. The van der Waals surface area contributed by atoms with Gasteiger partial charge in [0.1, 0.15) is 23.7 Å². The SMILES string of the molecule is Cc1cc(OC[C@@]2(CC(=O)N(C)Cc3ccccc3)CN(C(=O)c3ccn[nH]3)CCO2)ccc1Cl. The van der Waals surface area contributed by atoms with E-state index in [9.17, 15) is 9.59 Å². The molecule has 35 heavy (non-hydrogen) atoms. The zero-order chi connectivity index (χ0) is 24.8. The van der Waals surface area contributed by atoms with E-state index in [1.807, 2.05) is 43.3 Å². The minimum Gasteiger partial charge on any atom is -0.490 e. The number of nitrogens with zero attached hydrogens (tertiary/aromatic N) is 3. The highest BCUT2D eigenvalue weighted by Gasteiger charge is 2.42. The average Bonchev–Trinajstić information content (AvgIpc) is 3.40. The van der Waals surface area contributed by atoms with E-state index in [1.54, 1.807) is 35.0 Å². The van der Waals surface area contributed by atoms with Crippen LogP contribution in [0.3, 0.4) is 0 Å². The summed E-state index contributed by atoms with van der Waals surface area (Å²) in [5.41, 5.74) is 1.30. The van der Waals surface area contributed by atoms with Gasteiger partial charge in [-0.2, -0.15) is 5.10 Å². The molecule has 0 aliphatic carbocycles. The minimum absolute atomic E-state index is 0.0651. The second-order valence-electron chi connectivity index (χ2n) is 8.84. The fourth-order valence-corrected chi connectivity index (χ4v) is 4.20. The number of amides is 2. The zero-order valence-electron chi connectivity index (χ0n) is 19.9. The molecule has 0 radical (unpaired) electrons. The number of halogens is 1. The van der Waals surface area contributed by atoms with Gasteiger partial charge >= 0.3 is 0 Å². The third-order valence-electron chi connectivity index (χ3n) is 6.06. The molecule has 2 amide bonds. The Morgan fingerprint density at radius 3 is 2.74 bits per heavy atom. The number of benzene rings is 2. The van der Waals surface area contributed by atoms with Crippen molar-refractivity contribution in [2.45, 2.75) is 25.5 Å². The Kier molecular flexibility index (Phi) is 7.73. The monoisotopic (exact) mass is 496 g/mol. The van der Waals surface area contributed by atoms with Gasteiger partial charge in [0.2, 0.25) is 5.91 Å². The number of H-pyrrole nitrogens is 1. The normalized spacial score (nSPS) is 17.7. The number of hydrogen-bond donors (Lipinski definition) is 1. The zero-order valence-corrected chi connectivity index (χ0v) is 20.6. The highest BCUT2D eigenvalue weighted by atomic mass is 35.5. The first kappa shape index (κ1) is 24.8. The molecule has 0 saturated carbocycles. The minimum atomic E-state index is -1.01. The lowest BCUT2D eigenvalue weighted by Gasteiger charge is -2.42. The van der Waals surface area contributed by atoms with Crippen molar-refractivity contribution in [2.24, 2.45) is 0 Å². The van der Waals surface area contributed by atoms with Crippen molar-refractivity contribution in [3.05, 3.63) is 82.6 Å². The van der Waals surface area contributed by atoms with E-state index in [0.29, 0.717) is 36.2 Å². The molecule has 2 heterocycles. The van der Waals surface area contributed by atoms with Crippen LogP contribution in [0, 0.1) is 6.92 Å². The molecule has 1 aliphatic heterocycles. The van der Waals surface area contributed by atoms with Crippen molar-refractivity contribution in [1.82, 2.24) is 20.0 Å². The van der Waals surface area contributed by atoms with E-state index in [0.717, 1.165) is 11.1 Å². The highest BCUT2D eigenvalue weighted by Crippen LogP contribution is 2.28. The molecule has 4 rings (SSSR count). The van der Waals surface area contributed by atoms with Gasteiger partial charge in [-0.05, 0) is 42.3 Å². The molecule has 1 aliphatic rings. The summed E-state index contributed by atoms with van der Waals surface area (Å²) in [6.07, 6.45) is 1.60. The van der Waals surface area contributed by atoms with E-state index >= 15 is 0 Å². The smallest absolute Gasteiger partial charge is 0.272 e. The molecule has 1 aromatic heterocycles. The molecule has 0 unspecified atom stereocenters. The number of rotatable bonds is 8. The Bertz CT molecular complexity index is 1160. The van der Waals surface area contributed by atoms with Crippen molar-refractivity contribution in [3.63, 3.8) is 0 Å². The Morgan fingerprint density at radius 2 is 2.03 bits per heavy atom. The van der Waals surface area contributed by atoms with Crippen LogP contribution in [-0.4, -0.2) is 70.8 Å². The predicted molar refractivity (Wildman–Crippen MR) is 132 cm³/mol. The molecule has 0 spiro atoms. The maximum Gasteiger partial charge on any atom is 0.272 e. The number of aromatic nitrogens is 2. The van der Waals surface area contributed by atoms with Crippen LogP contribution in [0.1, 0.15) is 28.0 Å². The van der Waals surface area contributed by atoms with Crippen LogP contribution < -0.4 is 4.74 Å². The maximum atomic E-state index is 13.3. The Morgan fingerprint density at radius 1 is 1.23 bits per heavy atom. The third kappa shape index (κ3) is 6.21. The van der Waals surface area contributed by atoms with Gasteiger partial charge < -0.3 is 19.3 Å². The first-order chi connectivity index (χ1) is 16.8. The van der Waals surface area contributed by atoms with Gasteiger partial charge in [-0.3, -0.25) is 14.7 Å². The molecular formula is C26H29ClN4O4. The first-order valence-corrected chi connectivity index (χ1v) is 11.8. The number of carbonyl (C=O) groups excluding carboxylic acids is 2. The predicted octanol–water partition coefficient (Wildman–Crippen LogP) is 3.71. The maximum absolute atomic E-state index is 13.3. The van der Waals surface area contributed by atoms with Gasteiger partial charge in [0, 0.05) is 31.4 Å². The summed E-state index contributed by atoms with van der Waals surface area (Å²) in [4.78, 5) is 29.7. The number of hydrogen-bond acceptors (Lipinski definition) is 5. The van der Waals surface area contributed by atoms with Crippen LogP contribution in [0.4, 0.5) is 0 Å². The molecule has 0 bridgehead atoms. The molecular weight excluding hydrogens is 468 g/mol.